The Bertz CT molecular complexity index is 817. The highest BCUT2D eigenvalue weighted by atomic mass is 32.2. The van der Waals surface area contributed by atoms with Crippen molar-refractivity contribution in [2.45, 2.75) is 18.7 Å². The molecule has 7 heteroatoms. The number of para-hydroxylation sites is 1. The Balaban J connectivity index is 2.00. The predicted molar refractivity (Wildman–Crippen MR) is 105 cm³/mol. The second-order valence-electron chi connectivity index (χ2n) is 5.76. The van der Waals surface area contributed by atoms with Gasteiger partial charge in [-0.15, -0.1) is 0 Å². The highest BCUT2D eigenvalue weighted by molar-refractivity contribution is 7.89. The third kappa shape index (κ3) is 4.62. The van der Waals surface area contributed by atoms with E-state index in [1.807, 2.05) is 44.2 Å². The molecule has 0 heterocycles. The van der Waals surface area contributed by atoms with Gasteiger partial charge in [-0.1, -0.05) is 32.0 Å². The number of amides is 1. The molecular weight excluding hydrogens is 350 g/mol. The van der Waals surface area contributed by atoms with Crippen molar-refractivity contribution in [1.29, 1.82) is 0 Å². The third-order valence-electron chi connectivity index (χ3n) is 4.16. The lowest BCUT2D eigenvalue weighted by Crippen LogP contribution is -2.32. The Morgan fingerprint density at radius 1 is 0.962 bits per heavy atom. The van der Waals surface area contributed by atoms with Crippen LogP contribution >= 0.6 is 0 Å². The van der Waals surface area contributed by atoms with Crippen molar-refractivity contribution in [3.05, 3.63) is 54.6 Å². The largest absolute Gasteiger partial charge is 0.376 e. The summed E-state index contributed by atoms with van der Waals surface area (Å²) < 4.78 is 26.3. The maximum absolute atomic E-state index is 12.5. The molecule has 0 unspecified atom stereocenters. The van der Waals surface area contributed by atoms with Gasteiger partial charge in [-0.05, 0) is 36.4 Å². The summed E-state index contributed by atoms with van der Waals surface area (Å²) in [5, 5.41) is 3.03. The van der Waals surface area contributed by atoms with E-state index in [9.17, 15) is 13.2 Å². The van der Waals surface area contributed by atoms with Crippen LogP contribution < -0.4 is 10.2 Å². The zero-order valence-electron chi connectivity index (χ0n) is 15.3. The fourth-order valence-corrected chi connectivity index (χ4v) is 4.01. The molecule has 1 amide bonds. The van der Waals surface area contributed by atoms with Crippen LogP contribution in [0.3, 0.4) is 0 Å². The maximum Gasteiger partial charge on any atom is 0.246 e. The molecule has 0 aromatic heterocycles. The Hall–Kier alpha value is -2.38. The molecule has 2 aromatic carbocycles. The average Bonchev–Trinajstić information content (AvgIpc) is 2.67. The SMILES string of the molecule is CCN(CC)S(=O)(=O)c1ccc(NCC(=O)N(C)c2ccccc2)cc1. The minimum atomic E-state index is -3.47. The van der Waals surface area contributed by atoms with E-state index in [4.69, 9.17) is 0 Å². The normalized spacial score (nSPS) is 11.4. The van der Waals surface area contributed by atoms with Crippen LogP contribution in [-0.4, -0.2) is 45.3 Å². The van der Waals surface area contributed by atoms with Crippen LogP contribution in [0.2, 0.25) is 0 Å². The Morgan fingerprint density at radius 2 is 1.54 bits per heavy atom. The van der Waals surface area contributed by atoms with Crippen molar-refractivity contribution >= 4 is 27.3 Å². The number of benzene rings is 2. The minimum Gasteiger partial charge on any atom is -0.376 e. The van der Waals surface area contributed by atoms with E-state index in [0.29, 0.717) is 18.8 Å². The molecule has 26 heavy (non-hydrogen) atoms. The van der Waals surface area contributed by atoms with Gasteiger partial charge in [-0.3, -0.25) is 4.79 Å². The van der Waals surface area contributed by atoms with Crippen LogP contribution in [0.5, 0.6) is 0 Å². The van der Waals surface area contributed by atoms with E-state index in [1.54, 1.807) is 36.2 Å². The summed E-state index contributed by atoms with van der Waals surface area (Å²) in [6, 6.07) is 15.8. The van der Waals surface area contributed by atoms with E-state index in [1.165, 1.54) is 4.31 Å². The molecule has 140 valence electrons. The summed E-state index contributed by atoms with van der Waals surface area (Å²) in [5.41, 5.74) is 1.51. The second kappa shape index (κ2) is 8.82. The topological polar surface area (TPSA) is 69.7 Å². The van der Waals surface area contributed by atoms with Gasteiger partial charge in [0.05, 0.1) is 11.4 Å². The molecule has 1 N–H and O–H groups in total. The zero-order valence-corrected chi connectivity index (χ0v) is 16.2. The van der Waals surface area contributed by atoms with Crippen molar-refractivity contribution < 1.29 is 13.2 Å². The van der Waals surface area contributed by atoms with Gasteiger partial charge >= 0.3 is 0 Å². The molecule has 0 atom stereocenters. The van der Waals surface area contributed by atoms with E-state index in [0.717, 1.165) is 5.69 Å². The lowest BCUT2D eigenvalue weighted by molar-refractivity contribution is -0.116. The van der Waals surface area contributed by atoms with Crippen molar-refractivity contribution in [1.82, 2.24) is 4.31 Å². The fraction of sp³-hybridized carbons (Fsp3) is 0.316. The highest BCUT2D eigenvalue weighted by Crippen LogP contribution is 2.18. The van der Waals surface area contributed by atoms with Gasteiger partial charge in [-0.2, -0.15) is 4.31 Å². The van der Waals surface area contributed by atoms with Gasteiger partial charge in [0, 0.05) is 31.5 Å². The van der Waals surface area contributed by atoms with Crippen molar-refractivity contribution in [2.24, 2.45) is 0 Å². The number of sulfonamides is 1. The summed E-state index contributed by atoms with van der Waals surface area (Å²) in [4.78, 5) is 14.1. The molecule has 2 aromatic rings. The Kier molecular flexibility index (Phi) is 6.76. The summed E-state index contributed by atoms with van der Waals surface area (Å²) >= 11 is 0. The summed E-state index contributed by atoms with van der Waals surface area (Å²) in [6.45, 7) is 4.60. The lowest BCUT2D eigenvalue weighted by atomic mass is 10.3. The standard InChI is InChI=1S/C19H25N3O3S/c1-4-22(5-2)26(24,25)18-13-11-16(12-14-18)20-15-19(23)21(3)17-9-7-6-8-10-17/h6-14,20H,4-5,15H2,1-3H3. The van der Waals surface area contributed by atoms with Crippen LogP contribution in [0.1, 0.15) is 13.8 Å². The van der Waals surface area contributed by atoms with Crippen LogP contribution in [0.25, 0.3) is 0 Å². The maximum atomic E-state index is 12.5. The lowest BCUT2D eigenvalue weighted by Gasteiger charge is -2.19. The molecule has 2 rings (SSSR count). The number of nitrogens with one attached hydrogen (secondary N) is 1. The molecule has 0 saturated carbocycles. The molecule has 0 bridgehead atoms. The van der Waals surface area contributed by atoms with E-state index in [-0.39, 0.29) is 17.3 Å². The minimum absolute atomic E-state index is 0.0870. The number of nitrogens with zero attached hydrogens (tertiary/aromatic N) is 2. The van der Waals surface area contributed by atoms with Crippen molar-refractivity contribution in [3.63, 3.8) is 0 Å². The van der Waals surface area contributed by atoms with Gasteiger partial charge in [-0.25, -0.2) is 8.42 Å². The molecule has 0 saturated heterocycles. The van der Waals surface area contributed by atoms with Gasteiger partial charge in [0.2, 0.25) is 15.9 Å². The summed E-state index contributed by atoms with van der Waals surface area (Å²) in [6.07, 6.45) is 0. The van der Waals surface area contributed by atoms with Crippen LogP contribution in [0.15, 0.2) is 59.5 Å². The van der Waals surface area contributed by atoms with Crippen LogP contribution in [0, 0.1) is 0 Å². The molecule has 0 aliphatic carbocycles. The first-order chi connectivity index (χ1) is 12.4. The second-order valence-corrected chi connectivity index (χ2v) is 7.69. The third-order valence-corrected chi connectivity index (χ3v) is 6.22. The molecular formula is C19H25N3O3S. The smallest absolute Gasteiger partial charge is 0.246 e. The number of likely N-dealkylation sites (N-methyl/N-ethyl adjacent to an activating group) is 1. The average molecular weight is 375 g/mol. The predicted octanol–water partition coefficient (Wildman–Crippen LogP) is 2.79. The van der Waals surface area contributed by atoms with Crippen LogP contribution in [0.4, 0.5) is 11.4 Å². The van der Waals surface area contributed by atoms with Crippen molar-refractivity contribution in [3.8, 4) is 0 Å². The first-order valence-electron chi connectivity index (χ1n) is 8.55. The van der Waals surface area contributed by atoms with E-state index >= 15 is 0 Å². The zero-order chi connectivity index (χ0) is 19.2. The van der Waals surface area contributed by atoms with Gasteiger partial charge in [0.25, 0.3) is 0 Å². The Labute approximate surface area is 155 Å². The number of anilines is 2. The molecule has 0 aliphatic heterocycles. The number of carbonyl (C=O) groups excluding carboxylic acids is 1. The Morgan fingerprint density at radius 3 is 2.08 bits per heavy atom. The van der Waals surface area contributed by atoms with Gasteiger partial charge in [0.1, 0.15) is 0 Å². The summed E-state index contributed by atoms with van der Waals surface area (Å²) in [7, 11) is -1.75. The number of hydrogen-bond acceptors (Lipinski definition) is 4. The fourth-order valence-electron chi connectivity index (χ4n) is 2.55. The number of carbonyl (C=O) groups is 1. The number of hydrogen-bond donors (Lipinski definition) is 1. The van der Waals surface area contributed by atoms with Gasteiger partial charge in [0.15, 0.2) is 0 Å². The molecule has 6 nitrogen and oxygen atoms in total. The summed E-state index contributed by atoms with van der Waals surface area (Å²) in [5.74, 6) is -0.0870. The first kappa shape index (κ1) is 19.9. The van der Waals surface area contributed by atoms with E-state index in [2.05, 4.69) is 5.32 Å². The first-order valence-corrected chi connectivity index (χ1v) is 9.99. The molecule has 0 spiro atoms. The van der Waals surface area contributed by atoms with Crippen molar-refractivity contribution in [2.75, 3.05) is 36.9 Å². The van der Waals surface area contributed by atoms with Gasteiger partial charge < -0.3 is 10.2 Å². The van der Waals surface area contributed by atoms with E-state index < -0.39 is 10.0 Å². The number of rotatable bonds is 8. The highest BCUT2D eigenvalue weighted by Gasteiger charge is 2.21. The molecule has 0 aliphatic rings. The monoisotopic (exact) mass is 375 g/mol. The van der Waals surface area contributed by atoms with Crippen LogP contribution in [-0.2, 0) is 14.8 Å². The quantitative estimate of drug-likeness (QED) is 0.770. The molecule has 0 fully saturated rings. The molecule has 0 radical (unpaired) electrons.